The molecule has 0 atom stereocenters. The molecule has 5 nitrogen and oxygen atoms in total. The van der Waals surface area contributed by atoms with Crippen molar-refractivity contribution in [1.82, 2.24) is 9.80 Å². The molecule has 2 heterocycles. The smallest absolute Gasteiger partial charge is 0.253 e. The van der Waals surface area contributed by atoms with Crippen LogP contribution in [0, 0.1) is 0 Å². The molecule has 0 saturated carbocycles. The van der Waals surface area contributed by atoms with Gasteiger partial charge in [0.1, 0.15) is 12.4 Å². The average molecular weight is 300 g/mol. The number of hydrogen-bond donors (Lipinski definition) is 0. The van der Waals surface area contributed by atoms with Gasteiger partial charge in [0.2, 0.25) is 5.91 Å². The Kier molecular flexibility index (Phi) is 4.13. The standard InChI is InChI=1S/C17H20N2O3/c1-13(20)18-7-4-8-19(10-9-18)17(21)15-11-14-5-2-3-6-16(14)22-12-15/h2-3,5-6,11H,4,7-10,12H2,1H3. The number of hydrogen-bond acceptors (Lipinski definition) is 3. The van der Waals surface area contributed by atoms with Crippen LogP contribution >= 0.6 is 0 Å². The highest BCUT2D eigenvalue weighted by atomic mass is 16.5. The quantitative estimate of drug-likeness (QED) is 0.790. The molecule has 0 bridgehead atoms. The molecule has 2 aliphatic rings. The molecular weight excluding hydrogens is 280 g/mol. The Bertz CT molecular complexity index is 624. The fourth-order valence-electron chi connectivity index (χ4n) is 2.88. The first-order valence-electron chi connectivity index (χ1n) is 7.62. The Morgan fingerprint density at radius 1 is 1.05 bits per heavy atom. The Morgan fingerprint density at radius 3 is 2.59 bits per heavy atom. The molecule has 3 rings (SSSR count). The van der Waals surface area contributed by atoms with E-state index >= 15 is 0 Å². The summed E-state index contributed by atoms with van der Waals surface area (Å²) in [6.07, 6.45) is 2.73. The van der Waals surface area contributed by atoms with E-state index in [1.165, 1.54) is 0 Å². The predicted octanol–water partition coefficient (Wildman–Crippen LogP) is 1.54. The van der Waals surface area contributed by atoms with E-state index in [0.717, 1.165) is 24.3 Å². The van der Waals surface area contributed by atoms with Crippen molar-refractivity contribution in [1.29, 1.82) is 0 Å². The highest BCUT2D eigenvalue weighted by Gasteiger charge is 2.24. The van der Waals surface area contributed by atoms with Gasteiger partial charge < -0.3 is 14.5 Å². The highest BCUT2D eigenvalue weighted by molar-refractivity contribution is 5.99. The van der Waals surface area contributed by atoms with Gasteiger partial charge in [-0.15, -0.1) is 0 Å². The zero-order chi connectivity index (χ0) is 15.5. The molecule has 1 saturated heterocycles. The molecule has 0 radical (unpaired) electrons. The van der Waals surface area contributed by atoms with Crippen molar-refractivity contribution in [3.63, 3.8) is 0 Å². The van der Waals surface area contributed by atoms with E-state index in [0.29, 0.717) is 31.8 Å². The van der Waals surface area contributed by atoms with Gasteiger partial charge in [-0.05, 0) is 18.6 Å². The number of carbonyl (C=O) groups is 2. The number of fused-ring (bicyclic) bond motifs is 1. The number of ether oxygens (including phenoxy) is 1. The summed E-state index contributed by atoms with van der Waals surface area (Å²) < 4.78 is 5.66. The monoisotopic (exact) mass is 300 g/mol. The van der Waals surface area contributed by atoms with Crippen molar-refractivity contribution >= 4 is 17.9 Å². The minimum atomic E-state index is 0.0138. The zero-order valence-electron chi connectivity index (χ0n) is 12.7. The third kappa shape index (κ3) is 2.98. The minimum absolute atomic E-state index is 0.0138. The second-order valence-corrected chi connectivity index (χ2v) is 5.65. The van der Waals surface area contributed by atoms with E-state index in [4.69, 9.17) is 4.74 Å². The molecule has 5 heteroatoms. The Balaban J connectivity index is 1.72. The van der Waals surface area contributed by atoms with Gasteiger partial charge in [-0.1, -0.05) is 18.2 Å². The minimum Gasteiger partial charge on any atom is -0.488 e. The van der Waals surface area contributed by atoms with E-state index in [1.54, 1.807) is 11.8 Å². The normalized spacial score (nSPS) is 18.0. The molecule has 2 aliphatic heterocycles. The van der Waals surface area contributed by atoms with Gasteiger partial charge in [0.25, 0.3) is 5.91 Å². The third-order valence-corrected chi connectivity index (χ3v) is 4.14. The molecule has 22 heavy (non-hydrogen) atoms. The van der Waals surface area contributed by atoms with Crippen LogP contribution in [0.3, 0.4) is 0 Å². The molecular formula is C17H20N2O3. The lowest BCUT2D eigenvalue weighted by atomic mass is 10.1. The lowest BCUT2D eigenvalue weighted by Gasteiger charge is -2.24. The van der Waals surface area contributed by atoms with Crippen molar-refractivity contribution in [2.45, 2.75) is 13.3 Å². The van der Waals surface area contributed by atoms with Crippen molar-refractivity contribution in [2.75, 3.05) is 32.8 Å². The van der Waals surface area contributed by atoms with Crippen LogP contribution in [0.2, 0.25) is 0 Å². The van der Waals surface area contributed by atoms with Crippen molar-refractivity contribution in [3.8, 4) is 5.75 Å². The summed E-state index contributed by atoms with van der Waals surface area (Å²) in [5, 5.41) is 0. The second kappa shape index (κ2) is 6.22. The maximum atomic E-state index is 12.7. The van der Waals surface area contributed by atoms with Crippen molar-refractivity contribution in [2.24, 2.45) is 0 Å². The highest BCUT2D eigenvalue weighted by Crippen LogP contribution is 2.26. The van der Waals surface area contributed by atoms with Crippen molar-refractivity contribution in [3.05, 3.63) is 35.4 Å². The van der Waals surface area contributed by atoms with E-state index in [9.17, 15) is 9.59 Å². The van der Waals surface area contributed by atoms with E-state index in [-0.39, 0.29) is 11.8 Å². The molecule has 116 valence electrons. The lowest BCUT2D eigenvalue weighted by molar-refractivity contribution is -0.130. The van der Waals surface area contributed by atoms with Gasteiger partial charge in [0.15, 0.2) is 0 Å². The van der Waals surface area contributed by atoms with Crippen LogP contribution in [0.15, 0.2) is 29.8 Å². The van der Waals surface area contributed by atoms with Gasteiger partial charge in [-0.2, -0.15) is 0 Å². The van der Waals surface area contributed by atoms with Crippen LogP contribution in [0.5, 0.6) is 5.75 Å². The van der Waals surface area contributed by atoms with E-state index in [2.05, 4.69) is 0 Å². The summed E-state index contributed by atoms with van der Waals surface area (Å²) in [5.41, 5.74) is 1.62. The van der Waals surface area contributed by atoms with Crippen LogP contribution in [0.1, 0.15) is 18.9 Å². The van der Waals surface area contributed by atoms with Gasteiger partial charge in [0, 0.05) is 38.7 Å². The molecule has 1 aromatic carbocycles. The van der Waals surface area contributed by atoms with Crippen molar-refractivity contribution < 1.29 is 14.3 Å². The molecule has 0 unspecified atom stereocenters. The van der Waals surface area contributed by atoms with Crippen LogP contribution in [-0.2, 0) is 9.59 Å². The van der Waals surface area contributed by atoms with Gasteiger partial charge in [0.05, 0.1) is 5.57 Å². The number of para-hydroxylation sites is 1. The van der Waals surface area contributed by atoms with Crippen LogP contribution in [0.4, 0.5) is 0 Å². The predicted molar refractivity (Wildman–Crippen MR) is 83.4 cm³/mol. The Labute approximate surface area is 130 Å². The Hall–Kier alpha value is -2.30. The summed E-state index contributed by atoms with van der Waals surface area (Å²) >= 11 is 0. The molecule has 1 aromatic rings. The maximum absolute atomic E-state index is 12.7. The van der Waals surface area contributed by atoms with Crippen LogP contribution in [-0.4, -0.2) is 54.4 Å². The summed E-state index contributed by atoms with van der Waals surface area (Å²) in [4.78, 5) is 27.8. The Morgan fingerprint density at radius 2 is 1.77 bits per heavy atom. The summed E-state index contributed by atoms with van der Waals surface area (Å²) in [6.45, 7) is 4.47. The SMILES string of the molecule is CC(=O)N1CCCN(C(=O)C2=Cc3ccccc3OC2)CC1. The third-order valence-electron chi connectivity index (χ3n) is 4.14. The number of rotatable bonds is 1. The fourth-order valence-corrected chi connectivity index (χ4v) is 2.88. The first kappa shape index (κ1) is 14.6. The molecule has 2 amide bonds. The number of carbonyl (C=O) groups excluding carboxylic acids is 2. The fraction of sp³-hybridized carbons (Fsp3) is 0.412. The van der Waals surface area contributed by atoms with Gasteiger partial charge >= 0.3 is 0 Å². The number of nitrogens with zero attached hydrogens (tertiary/aromatic N) is 2. The van der Waals surface area contributed by atoms with Gasteiger partial charge in [-0.25, -0.2) is 0 Å². The molecule has 0 spiro atoms. The van der Waals surface area contributed by atoms with E-state index < -0.39 is 0 Å². The summed E-state index contributed by atoms with van der Waals surface area (Å²) in [7, 11) is 0. The first-order chi connectivity index (χ1) is 10.6. The largest absolute Gasteiger partial charge is 0.488 e. The zero-order valence-corrected chi connectivity index (χ0v) is 12.7. The second-order valence-electron chi connectivity index (χ2n) is 5.65. The number of amides is 2. The van der Waals surface area contributed by atoms with Crippen LogP contribution in [0.25, 0.3) is 6.08 Å². The average Bonchev–Trinajstić information content (AvgIpc) is 2.80. The molecule has 1 fully saturated rings. The lowest BCUT2D eigenvalue weighted by Crippen LogP contribution is -2.38. The first-order valence-corrected chi connectivity index (χ1v) is 7.62. The summed E-state index contributed by atoms with van der Waals surface area (Å²) in [5.74, 6) is 0.904. The molecule has 0 aromatic heterocycles. The van der Waals surface area contributed by atoms with E-state index in [1.807, 2.05) is 35.2 Å². The topological polar surface area (TPSA) is 49.9 Å². The molecule has 0 aliphatic carbocycles. The number of benzene rings is 1. The molecule has 0 N–H and O–H groups in total. The van der Waals surface area contributed by atoms with Crippen LogP contribution < -0.4 is 4.74 Å². The summed E-state index contributed by atoms with van der Waals surface area (Å²) in [6, 6.07) is 7.71. The van der Waals surface area contributed by atoms with Gasteiger partial charge in [-0.3, -0.25) is 9.59 Å². The maximum Gasteiger partial charge on any atom is 0.253 e.